The second-order valence-electron chi connectivity index (χ2n) is 9.69. The summed E-state index contributed by atoms with van der Waals surface area (Å²) < 4.78 is 0. The molecule has 1 N–H and O–H groups in total. The van der Waals surface area contributed by atoms with Gasteiger partial charge in [0.15, 0.2) is 0 Å². The number of aromatic nitrogens is 2. The number of piperidine rings is 1. The lowest BCUT2D eigenvalue weighted by molar-refractivity contribution is -0.125. The molecule has 0 bridgehead atoms. The van der Waals surface area contributed by atoms with Gasteiger partial charge < -0.3 is 10.2 Å². The number of carbonyl (C=O) groups is 3. The summed E-state index contributed by atoms with van der Waals surface area (Å²) in [6.07, 6.45) is 6.86. The van der Waals surface area contributed by atoms with Gasteiger partial charge in [-0.25, -0.2) is 14.8 Å². The third kappa shape index (κ3) is 4.64. The van der Waals surface area contributed by atoms with Gasteiger partial charge in [-0.1, -0.05) is 20.4 Å². The molecule has 9 nitrogen and oxygen atoms in total. The minimum atomic E-state index is -0.448. The van der Waals surface area contributed by atoms with Crippen LogP contribution in [0.4, 0.5) is 21.9 Å². The number of aryl methyl sites for hydroxylation is 1. The maximum atomic E-state index is 13.4. The van der Waals surface area contributed by atoms with E-state index in [1.54, 1.807) is 28.3 Å². The number of rotatable bonds is 5. The van der Waals surface area contributed by atoms with Crippen molar-refractivity contribution in [2.75, 3.05) is 23.3 Å². The van der Waals surface area contributed by atoms with Crippen LogP contribution < -0.4 is 10.2 Å². The summed E-state index contributed by atoms with van der Waals surface area (Å²) in [7, 11) is 0. The number of likely N-dealkylation sites (tertiary alicyclic amines) is 1. The van der Waals surface area contributed by atoms with E-state index in [0.29, 0.717) is 63.3 Å². The van der Waals surface area contributed by atoms with Crippen LogP contribution in [0.5, 0.6) is 0 Å². The number of hydrogen-bond acceptors (Lipinski definition) is 6. The van der Waals surface area contributed by atoms with E-state index >= 15 is 0 Å². The zero-order valence-electron chi connectivity index (χ0n) is 21.1. The topological polar surface area (TPSA) is 108 Å². The number of amides is 4. The van der Waals surface area contributed by atoms with Crippen LogP contribution in [0.25, 0.3) is 10.2 Å². The lowest BCUT2D eigenvalue weighted by Crippen LogP contribution is -2.39. The average molecular weight is 517 g/mol. The van der Waals surface area contributed by atoms with Gasteiger partial charge in [0.05, 0.1) is 35.2 Å². The Bertz CT molecular complexity index is 1470. The zero-order chi connectivity index (χ0) is 26.3. The van der Waals surface area contributed by atoms with Gasteiger partial charge >= 0.3 is 6.03 Å². The van der Waals surface area contributed by atoms with Gasteiger partial charge in [0.25, 0.3) is 5.91 Å². The molecule has 0 unspecified atom stereocenters. The van der Waals surface area contributed by atoms with E-state index in [2.05, 4.69) is 40.7 Å². The number of nitrogens with one attached hydrogen (secondary N) is 1. The Balaban J connectivity index is 1.52. The smallest absolute Gasteiger partial charge is 0.331 e. The molecule has 3 aromatic rings. The van der Waals surface area contributed by atoms with Crippen molar-refractivity contribution in [3.8, 4) is 0 Å². The predicted octanol–water partition coefficient (Wildman–Crippen LogP) is 5.27. The number of nitrogens with zero attached hydrogens (tertiary/aromatic N) is 5. The highest BCUT2D eigenvalue weighted by Gasteiger charge is 2.33. The molecule has 3 aromatic heterocycles. The van der Waals surface area contributed by atoms with Crippen LogP contribution in [0.1, 0.15) is 47.6 Å². The number of hydrogen-bond donors (Lipinski definition) is 1. The van der Waals surface area contributed by atoms with Gasteiger partial charge in [0.1, 0.15) is 9.71 Å². The third-order valence-electron chi connectivity index (χ3n) is 6.45. The monoisotopic (exact) mass is 516 g/mol. The van der Waals surface area contributed by atoms with Gasteiger partial charge in [-0.05, 0) is 55.9 Å². The molecule has 0 aliphatic carbocycles. The molecule has 0 aromatic carbocycles. The van der Waals surface area contributed by atoms with Crippen molar-refractivity contribution in [2.24, 2.45) is 10.9 Å². The minimum absolute atomic E-state index is 0.181. The Labute approximate surface area is 218 Å². The van der Waals surface area contributed by atoms with Crippen molar-refractivity contribution in [3.05, 3.63) is 53.3 Å². The third-order valence-corrected chi connectivity index (χ3v) is 7.54. The van der Waals surface area contributed by atoms with Crippen LogP contribution in [0.3, 0.4) is 0 Å². The first kappa shape index (κ1) is 24.8. The summed E-state index contributed by atoms with van der Waals surface area (Å²) in [4.78, 5) is 56.2. The van der Waals surface area contributed by atoms with Crippen molar-refractivity contribution in [1.29, 1.82) is 0 Å². The molecular weight excluding hydrogens is 488 g/mol. The predicted molar refractivity (Wildman–Crippen MR) is 146 cm³/mol. The Hall–Kier alpha value is -3.92. The van der Waals surface area contributed by atoms with E-state index in [-0.39, 0.29) is 11.9 Å². The molecule has 190 valence electrons. The molecule has 2 aliphatic rings. The van der Waals surface area contributed by atoms with E-state index in [9.17, 15) is 14.4 Å². The zero-order valence-corrected chi connectivity index (χ0v) is 21.9. The standard InChI is InChI=1S/C27H28N6O3S/c1-5-21(34)32-10-6-7-17(14-32)30-25(35)24-23-22-19(8-9-28-26(22)37-24)33(27(36)31-23)20-13-29-18(11-15(2)3)12-16(20)4/h5,8-9,12-13,15H,1,6-7,10-11,14H2,2-4H3,(H,31,36). The van der Waals surface area contributed by atoms with Crippen LogP contribution >= 0.6 is 11.3 Å². The number of thiophene rings is 1. The van der Waals surface area contributed by atoms with E-state index < -0.39 is 5.91 Å². The summed E-state index contributed by atoms with van der Waals surface area (Å²) in [6.45, 7) is 10.7. The van der Waals surface area contributed by atoms with E-state index in [4.69, 9.17) is 0 Å². The molecule has 5 rings (SSSR count). The molecule has 5 heterocycles. The molecule has 0 spiro atoms. The molecule has 1 fully saturated rings. The second-order valence-corrected chi connectivity index (χ2v) is 10.7. The fourth-order valence-electron chi connectivity index (χ4n) is 4.80. The average Bonchev–Trinajstić information content (AvgIpc) is 3.24. The Morgan fingerprint density at radius 1 is 1.30 bits per heavy atom. The van der Waals surface area contributed by atoms with Crippen molar-refractivity contribution in [3.63, 3.8) is 0 Å². The van der Waals surface area contributed by atoms with Crippen LogP contribution in [-0.4, -0.2) is 51.5 Å². The quantitative estimate of drug-likeness (QED) is 0.465. The Morgan fingerprint density at radius 2 is 2.11 bits per heavy atom. The molecule has 0 radical (unpaired) electrons. The Kier molecular flexibility index (Phi) is 6.59. The van der Waals surface area contributed by atoms with Crippen molar-refractivity contribution < 1.29 is 14.4 Å². The van der Waals surface area contributed by atoms with Gasteiger partial charge in [-0.15, -0.1) is 11.3 Å². The van der Waals surface area contributed by atoms with Crippen LogP contribution in [-0.2, 0) is 11.2 Å². The van der Waals surface area contributed by atoms with E-state index in [1.165, 1.54) is 17.4 Å². The highest BCUT2D eigenvalue weighted by atomic mass is 32.1. The number of aliphatic imine (C=N–C) groups is 1. The largest absolute Gasteiger partial charge is 0.334 e. The molecule has 1 saturated heterocycles. The normalized spacial score (nSPS) is 16.4. The fourth-order valence-corrected chi connectivity index (χ4v) is 5.80. The van der Waals surface area contributed by atoms with Crippen molar-refractivity contribution in [2.45, 2.75) is 40.0 Å². The maximum Gasteiger partial charge on any atom is 0.331 e. The molecule has 0 atom stereocenters. The summed E-state index contributed by atoms with van der Waals surface area (Å²) in [5.74, 6) is -0.153. The van der Waals surface area contributed by atoms with E-state index in [0.717, 1.165) is 24.1 Å². The van der Waals surface area contributed by atoms with Crippen LogP contribution in [0.2, 0.25) is 0 Å². The number of anilines is 3. The highest BCUT2D eigenvalue weighted by Crippen LogP contribution is 2.46. The fraction of sp³-hybridized carbons (Fsp3) is 0.333. The number of pyridine rings is 2. The molecule has 2 aliphatic heterocycles. The van der Waals surface area contributed by atoms with Crippen molar-refractivity contribution in [1.82, 2.24) is 14.9 Å². The second kappa shape index (κ2) is 9.85. The molecule has 0 saturated carbocycles. The first-order valence-electron chi connectivity index (χ1n) is 12.3. The van der Waals surface area contributed by atoms with Gasteiger partial charge in [-0.3, -0.25) is 19.5 Å². The van der Waals surface area contributed by atoms with E-state index in [1.807, 2.05) is 13.0 Å². The molecule has 10 heteroatoms. The number of urea groups is 1. The summed E-state index contributed by atoms with van der Waals surface area (Å²) in [5, 5.41) is 3.61. The summed E-state index contributed by atoms with van der Waals surface area (Å²) in [5.41, 5.74) is 4.30. The van der Waals surface area contributed by atoms with Gasteiger partial charge in [-0.2, -0.15) is 0 Å². The maximum absolute atomic E-state index is 13.4. The highest BCUT2D eigenvalue weighted by molar-refractivity contribution is 7.21. The Morgan fingerprint density at radius 3 is 2.84 bits per heavy atom. The first-order valence-corrected chi connectivity index (χ1v) is 13.1. The first-order chi connectivity index (χ1) is 17.8. The van der Waals surface area contributed by atoms with Crippen LogP contribution in [0, 0.1) is 12.8 Å². The van der Waals surface area contributed by atoms with Crippen molar-refractivity contribution >= 4 is 62.2 Å². The molecule has 4 amide bonds. The number of carbonyl (C=O) groups excluding carboxylic acids is 3. The lowest BCUT2D eigenvalue weighted by atomic mass is 10.0. The summed E-state index contributed by atoms with van der Waals surface area (Å²) >= 11 is 1.20. The SMILES string of the molecule is C=CC(=O)N1CCCC(=NC(=O)c2sc3nccc4c3c2NC(=O)N4c2cnc(CC(C)C)cc2C)C1. The summed E-state index contributed by atoms with van der Waals surface area (Å²) in [6, 6.07) is 3.42. The molecular formula is C27H28N6O3S. The lowest BCUT2D eigenvalue weighted by Gasteiger charge is -2.29. The molecule has 37 heavy (non-hydrogen) atoms. The van der Waals surface area contributed by atoms with Gasteiger partial charge in [0, 0.05) is 24.1 Å². The minimum Gasteiger partial charge on any atom is -0.334 e. The van der Waals surface area contributed by atoms with Gasteiger partial charge in [0.2, 0.25) is 5.91 Å². The van der Waals surface area contributed by atoms with Crippen LogP contribution in [0.15, 0.2) is 42.2 Å².